The summed E-state index contributed by atoms with van der Waals surface area (Å²) < 4.78 is 30.9. The minimum Gasteiger partial charge on any atom is -0.385 e. The zero-order valence-electron chi connectivity index (χ0n) is 10.3. The third-order valence-corrected chi connectivity index (χ3v) is 3.69. The van der Waals surface area contributed by atoms with Crippen LogP contribution in [0.4, 0.5) is 5.95 Å². The van der Waals surface area contributed by atoms with Crippen LogP contribution >= 0.6 is 0 Å². The Labute approximate surface area is 107 Å². The maximum Gasteiger partial charge on any atom is 0.243 e. The number of rotatable bonds is 8. The molecular weight excluding hydrogens is 256 g/mol. The van der Waals surface area contributed by atoms with Gasteiger partial charge in [0.05, 0.1) is 12.4 Å². The van der Waals surface area contributed by atoms with Gasteiger partial charge in [0.15, 0.2) is 0 Å². The number of hydrogen-bond donors (Lipinski definition) is 2. The fourth-order valence-electron chi connectivity index (χ4n) is 1.30. The summed E-state index contributed by atoms with van der Waals surface area (Å²) in [5.74, 6) is 0.0496. The smallest absolute Gasteiger partial charge is 0.243 e. The van der Waals surface area contributed by atoms with E-state index in [0.717, 1.165) is 19.3 Å². The number of aromatic nitrogens is 2. The van der Waals surface area contributed by atoms with E-state index < -0.39 is 10.0 Å². The van der Waals surface area contributed by atoms with Gasteiger partial charge in [-0.05, 0) is 19.3 Å². The second kappa shape index (κ2) is 7.24. The first-order valence-corrected chi connectivity index (χ1v) is 7.10. The third-order valence-electron chi connectivity index (χ3n) is 2.28. The molecule has 0 amide bonds. The van der Waals surface area contributed by atoms with Crippen LogP contribution in [0.25, 0.3) is 0 Å². The molecule has 0 fully saturated rings. The molecule has 0 bridgehead atoms. The largest absolute Gasteiger partial charge is 0.385 e. The Balaban J connectivity index is 2.38. The van der Waals surface area contributed by atoms with Gasteiger partial charge in [-0.1, -0.05) is 0 Å². The van der Waals surface area contributed by atoms with E-state index >= 15 is 0 Å². The molecule has 0 spiro atoms. The minimum absolute atomic E-state index is 0.0218. The topological polar surface area (TPSA) is 107 Å². The highest BCUT2D eigenvalue weighted by Gasteiger charge is 2.13. The summed E-state index contributed by atoms with van der Waals surface area (Å²) in [5, 5.41) is 0. The lowest BCUT2D eigenvalue weighted by Crippen LogP contribution is -2.25. The summed E-state index contributed by atoms with van der Waals surface area (Å²) in [6, 6.07) is 0. The molecule has 1 aromatic rings. The number of sulfonamides is 1. The summed E-state index contributed by atoms with van der Waals surface area (Å²) in [7, 11) is -1.89. The maximum absolute atomic E-state index is 11.8. The van der Waals surface area contributed by atoms with E-state index in [1.807, 2.05) is 0 Å². The number of nitrogens with two attached hydrogens (primary N) is 1. The summed E-state index contributed by atoms with van der Waals surface area (Å²) in [4.78, 5) is 7.31. The van der Waals surface area contributed by atoms with Crippen molar-refractivity contribution in [3.8, 4) is 0 Å². The van der Waals surface area contributed by atoms with E-state index in [1.54, 1.807) is 7.11 Å². The maximum atomic E-state index is 11.8. The van der Waals surface area contributed by atoms with Gasteiger partial charge in [-0.15, -0.1) is 0 Å². The van der Waals surface area contributed by atoms with Gasteiger partial charge in [-0.25, -0.2) is 23.1 Å². The molecule has 1 aromatic heterocycles. The molecule has 0 aliphatic rings. The molecule has 1 heterocycles. The number of ether oxygens (including phenoxy) is 1. The molecule has 3 N–H and O–H groups in total. The van der Waals surface area contributed by atoms with Crippen molar-refractivity contribution < 1.29 is 13.2 Å². The summed E-state index contributed by atoms with van der Waals surface area (Å²) >= 11 is 0. The normalized spacial score (nSPS) is 11.6. The lowest BCUT2D eigenvalue weighted by molar-refractivity contribution is 0.192. The van der Waals surface area contributed by atoms with Gasteiger partial charge in [-0.3, -0.25) is 0 Å². The van der Waals surface area contributed by atoms with Crippen LogP contribution in [0, 0.1) is 0 Å². The van der Waals surface area contributed by atoms with E-state index in [1.165, 1.54) is 12.4 Å². The van der Waals surface area contributed by atoms with Gasteiger partial charge < -0.3 is 10.5 Å². The molecule has 0 saturated heterocycles. The average molecular weight is 274 g/mol. The zero-order chi connectivity index (χ0) is 13.4. The molecule has 0 radical (unpaired) electrons. The second-order valence-electron chi connectivity index (χ2n) is 3.73. The second-order valence-corrected chi connectivity index (χ2v) is 5.50. The fourth-order valence-corrected chi connectivity index (χ4v) is 2.27. The van der Waals surface area contributed by atoms with Crippen LogP contribution < -0.4 is 10.5 Å². The number of nitrogen functional groups attached to an aromatic ring is 1. The van der Waals surface area contributed by atoms with Gasteiger partial charge >= 0.3 is 0 Å². The van der Waals surface area contributed by atoms with Crippen molar-refractivity contribution in [2.75, 3.05) is 26.0 Å². The van der Waals surface area contributed by atoms with Crippen molar-refractivity contribution in [1.29, 1.82) is 0 Å². The number of hydrogen-bond acceptors (Lipinski definition) is 6. The average Bonchev–Trinajstić information content (AvgIpc) is 2.34. The zero-order valence-corrected chi connectivity index (χ0v) is 11.1. The highest BCUT2D eigenvalue weighted by atomic mass is 32.2. The highest BCUT2D eigenvalue weighted by Crippen LogP contribution is 2.06. The Morgan fingerprint density at radius 3 is 2.56 bits per heavy atom. The Morgan fingerprint density at radius 2 is 1.94 bits per heavy atom. The van der Waals surface area contributed by atoms with Gasteiger partial charge in [0.2, 0.25) is 16.0 Å². The third kappa shape index (κ3) is 4.94. The number of nitrogens with zero attached hydrogens (tertiary/aromatic N) is 2. The molecule has 102 valence electrons. The van der Waals surface area contributed by atoms with E-state index in [0.29, 0.717) is 13.2 Å². The van der Waals surface area contributed by atoms with Crippen LogP contribution in [0.1, 0.15) is 19.3 Å². The number of anilines is 1. The minimum atomic E-state index is -3.53. The van der Waals surface area contributed by atoms with E-state index in [4.69, 9.17) is 10.5 Å². The summed E-state index contributed by atoms with van der Waals surface area (Å²) in [6.07, 6.45) is 4.97. The number of methoxy groups -OCH3 is 1. The van der Waals surface area contributed by atoms with Crippen molar-refractivity contribution in [2.45, 2.75) is 24.2 Å². The fraction of sp³-hybridized carbons (Fsp3) is 0.600. The summed E-state index contributed by atoms with van der Waals surface area (Å²) in [5.41, 5.74) is 5.29. The highest BCUT2D eigenvalue weighted by molar-refractivity contribution is 7.89. The van der Waals surface area contributed by atoms with Crippen molar-refractivity contribution >= 4 is 16.0 Å². The predicted molar refractivity (Wildman–Crippen MR) is 67.4 cm³/mol. The van der Waals surface area contributed by atoms with Crippen LogP contribution in [-0.4, -0.2) is 38.6 Å². The van der Waals surface area contributed by atoms with Gasteiger partial charge in [-0.2, -0.15) is 0 Å². The number of nitrogens with one attached hydrogen (secondary N) is 1. The Kier molecular flexibility index (Phi) is 5.96. The molecule has 18 heavy (non-hydrogen) atoms. The van der Waals surface area contributed by atoms with E-state index in [9.17, 15) is 8.42 Å². The van der Waals surface area contributed by atoms with E-state index in [-0.39, 0.29) is 10.8 Å². The Morgan fingerprint density at radius 1 is 1.28 bits per heavy atom. The molecule has 0 aliphatic carbocycles. The van der Waals surface area contributed by atoms with Crippen LogP contribution in [0.3, 0.4) is 0 Å². The Bertz CT molecular complexity index is 447. The van der Waals surface area contributed by atoms with Gasteiger partial charge in [0.1, 0.15) is 4.90 Å². The summed E-state index contributed by atoms with van der Waals surface area (Å²) in [6.45, 7) is 1.08. The molecule has 0 aliphatic heterocycles. The van der Waals surface area contributed by atoms with Crippen molar-refractivity contribution in [3.05, 3.63) is 12.4 Å². The van der Waals surface area contributed by atoms with Crippen LogP contribution in [-0.2, 0) is 14.8 Å². The van der Waals surface area contributed by atoms with Crippen LogP contribution in [0.2, 0.25) is 0 Å². The van der Waals surface area contributed by atoms with Crippen molar-refractivity contribution in [3.63, 3.8) is 0 Å². The predicted octanol–water partition coefficient (Wildman–Crippen LogP) is 0.154. The molecule has 1 rings (SSSR count). The van der Waals surface area contributed by atoms with Crippen LogP contribution in [0.5, 0.6) is 0 Å². The molecule has 0 saturated carbocycles. The van der Waals surface area contributed by atoms with Crippen molar-refractivity contribution in [1.82, 2.24) is 14.7 Å². The molecule has 0 aromatic carbocycles. The Hall–Kier alpha value is -1.25. The quantitative estimate of drug-likeness (QED) is 0.654. The van der Waals surface area contributed by atoms with Gasteiger partial charge in [0, 0.05) is 20.3 Å². The molecule has 0 unspecified atom stereocenters. The molecule has 0 atom stereocenters. The first-order valence-electron chi connectivity index (χ1n) is 5.62. The van der Waals surface area contributed by atoms with Crippen LogP contribution in [0.15, 0.2) is 17.3 Å². The first-order chi connectivity index (χ1) is 8.56. The lowest BCUT2D eigenvalue weighted by atomic mass is 10.2. The van der Waals surface area contributed by atoms with Crippen molar-refractivity contribution in [2.24, 2.45) is 0 Å². The molecule has 8 heteroatoms. The SMILES string of the molecule is COCCCCCNS(=O)(=O)c1cnc(N)nc1. The number of unbranched alkanes of at least 4 members (excludes halogenated alkanes) is 2. The van der Waals surface area contributed by atoms with Gasteiger partial charge in [0.25, 0.3) is 0 Å². The monoisotopic (exact) mass is 274 g/mol. The standard InChI is InChI=1S/C10H18N4O3S/c1-17-6-4-2-3-5-14-18(15,16)9-7-12-10(11)13-8-9/h7-8,14H,2-6H2,1H3,(H2,11,12,13). The van der Waals surface area contributed by atoms with E-state index in [2.05, 4.69) is 14.7 Å². The first kappa shape index (κ1) is 14.8. The molecule has 7 nitrogen and oxygen atoms in total. The lowest BCUT2D eigenvalue weighted by Gasteiger charge is -2.06. The molecular formula is C10H18N4O3S.